The summed E-state index contributed by atoms with van der Waals surface area (Å²) < 4.78 is 18.5. The van der Waals surface area contributed by atoms with E-state index in [-0.39, 0.29) is 18.8 Å². The molecule has 0 heterocycles. The molecule has 0 aliphatic rings. The highest BCUT2D eigenvalue weighted by molar-refractivity contribution is 9.10. The van der Waals surface area contributed by atoms with Gasteiger partial charge in [-0.25, -0.2) is 4.39 Å². The molecule has 90 valence electrons. The lowest BCUT2D eigenvalue weighted by molar-refractivity contribution is -0.141. The molecule has 0 radical (unpaired) electrons. The highest BCUT2D eigenvalue weighted by Crippen LogP contribution is 2.22. The highest BCUT2D eigenvalue weighted by Gasteiger charge is 2.15. The molecule has 0 saturated heterocycles. The number of methoxy groups -OCH3 is 1. The molecule has 6 heteroatoms. The van der Waals surface area contributed by atoms with Gasteiger partial charge >= 0.3 is 5.97 Å². The standard InChI is InChI=1S/C10H11BrFNO2.ClH/c1-15-10(14)5-9(13)7-4-6(11)2-3-8(7)12;/h2-4,9H,5,13H2,1H3;1H/t9-;/m1./s1. The Balaban J connectivity index is 0.00000225. The van der Waals surface area contributed by atoms with E-state index in [4.69, 9.17) is 5.73 Å². The maximum absolute atomic E-state index is 13.3. The Labute approximate surface area is 108 Å². The number of benzene rings is 1. The van der Waals surface area contributed by atoms with Gasteiger partial charge in [0.2, 0.25) is 0 Å². The second-order valence-corrected chi connectivity index (χ2v) is 3.97. The summed E-state index contributed by atoms with van der Waals surface area (Å²) in [4.78, 5) is 11.0. The van der Waals surface area contributed by atoms with Gasteiger partial charge in [-0.05, 0) is 18.2 Å². The molecule has 16 heavy (non-hydrogen) atoms. The summed E-state index contributed by atoms with van der Waals surface area (Å²) in [6.07, 6.45) is -0.0378. The van der Waals surface area contributed by atoms with Crippen LogP contribution < -0.4 is 5.73 Å². The molecule has 0 spiro atoms. The van der Waals surface area contributed by atoms with Gasteiger partial charge in [0.1, 0.15) is 5.82 Å². The Hall–Kier alpha value is -0.650. The first-order chi connectivity index (χ1) is 7.04. The number of carbonyl (C=O) groups excluding carboxylic acids is 1. The molecule has 0 fully saturated rings. The topological polar surface area (TPSA) is 52.3 Å². The zero-order valence-corrected chi connectivity index (χ0v) is 11.0. The Morgan fingerprint density at radius 1 is 1.62 bits per heavy atom. The summed E-state index contributed by atoms with van der Waals surface area (Å²) in [5.41, 5.74) is 5.98. The van der Waals surface area contributed by atoms with Crippen LogP contribution in [0.25, 0.3) is 0 Å². The molecule has 0 amide bonds. The van der Waals surface area contributed by atoms with Crippen molar-refractivity contribution < 1.29 is 13.9 Å². The minimum atomic E-state index is -0.685. The molecule has 1 aromatic carbocycles. The van der Waals surface area contributed by atoms with Gasteiger partial charge in [0, 0.05) is 16.1 Å². The largest absolute Gasteiger partial charge is 0.469 e. The van der Waals surface area contributed by atoms with Crippen LogP contribution in [0.1, 0.15) is 18.0 Å². The smallest absolute Gasteiger partial charge is 0.307 e. The summed E-state index contributed by atoms with van der Waals surface area (Å²) in [5, 5.41) is 0. The molecule has 1 rings (SSSR count). The van der Waals surface area contributed by atoms with Crippen LogP contribution in [0.3, 0.4) is 0 Å². The lowest BCUT2D eigenvalue weighted by atomic mass is 10.0. The van der Waals surface area contributed by atoms with Crippen molar-refractivity contribution in [3.63, 3.8) is 0 Å². The number of carbonyl (C=O) groups is 1. The molecule has 0 aliphatic carbocycles. The lowest BCUT2D eigenvalue weighted by Crippen LogP contribution is -2.17. The average molecular weight is 313 g/mol. The normalized spacial score (nSPS) is 11.5. The lowest BCUT2D eigenvalue weighted by Gasteiger charge is -2.11. The molecule has 0 unspecified atom stereocenters. The second kappa shape index (κ2) is 6.83. The Morgan fingerprint density at radius 2 is 2.25 bits per heavy atom. The number of hydrogen-bond acceptors (Lipinski definition) is 3. The zero-order chi connectivity index (χ0) is 11.4. The first kappa shape index (κ1) is 15.3. The molecule has 1 aromatic rings. The van der Waals surface area contributed by atoms with Crippen molar-refractivity contribution in [2.45, 2.75) is 12.5 Å². The van der Waals surface area contributed by atoms with E-state index in [0.29, 0.717) is 5.56 Å². The Kier molecular flexibility index (Phi) is 6.55. The maximum Gasteiger partial charge on any atom is 0.307 e. The molecule has 3 nitrogen and oxygen atoms in total. The fraction of sp³-hybridized carbons (Fsp3) is 0.300. The molecule has 1 atom stereocenters. The van der Waals surface area contributed by atoms with Crippen molar-refractivity contribution in [1.29, 1.82) is 0 Å². The van der Waals surface area contributed by atoms with Gasteiger partial charge in [0.15, 0.2) is 0 Å². The molecular weight excluding hydrogens is 300 g/mol. The van der Waals surface area contributed by atoms with Crippen LogP contribution in [-0.4, -0.2) is 13.1 Å². The van der Waals surface area contributed by atoms with Gasteiger partial charge in [0.05, 0.1) is 13.5 Å². The first-order valence-corrected chi connectivity index (χ1v) is 5.11. The van der Waals surface area contributed by atoms with Gasteiger partial charge < -0.3 is 10.5 Å². The highest BCUT2D eigenvalue weighted by atomic mass is 79.9. The van der Waals surface area contributed by atoms with Crippen LogP contribution in [0, 0.1) is 5.82 Å². The third-order valence-corrected chi connectivity index (χ3v) is 2.47. The van der Waals surface area contributed by atoms with E-state index in [1.54, 1.807) is 12.1 Å². The van der Waals surface area contributed by atoms with E-state index in [1.165, 1.54) is 13.2 Å². The third-order valence-electron chi connectivity index (χ3n) is 1.97. The van der Waals surface area contributed by atoms with E-state index >= 15 is 0 Å². The summed E-state index contributed by atoms with van der Waals surface area (Å²) in [5.74, 6) is -0.878. The van der Waals surface area contributed by atoms with Crippen molar-refractivity contribution in [2.75, 3.05) is 7.11 Å². The number of ether oxygens (including phenoxy) is 1. The van der Waals surface area contributed by atoms with E-state index in [2.05, 4.69) is 20.7 Å². The van der Waals surface area contributed by atoms with Crippen LogP contribution in [0.5, 0.6) is 0 Å². The van der Waals surface area contributed by atoms with E-state index in [1.807, 2.05) is 0 Å². The average Bonchev–Trinajstić information content (AvgIpc) is 2.21. The van der Waals surface area contributed by atoms with Gasteiger partial charge in [-0.15, -0.1) is 12.4 Å². The third kappa shape index (κ3) is 4.08. The minimum absolute atomic E-state index is 0. The van der Waals surface area contributed by atoms with Crippen molar-refractivity contribution in [1.82, 2.24) is 0 Å². The second-order valence-electron chi connectivity index (χ2n) is 3.05. The summed E-state index contributed by atoms with van der Waals surface area (Å²) >= 11 is 3.21. The van der Waals surface area contributed by atoms with Crippen molar-refractivity contribution in [2.24, 2.45) is 5.73 Å². The van der Waals surface area contributed by atoms with Crippen LogP contribution in [0.2, 0.25) is 0 Å². The number of esters is 1. The number of nitrogens with two attached hydrogens (primary N) is 1. The predicted octanol–water partition coefficient (Wildman–Crippen LogP) is 2.57. The quantitative estimate of drug-likeness (QED) is 0.873. The van der Waals surface area contributed by atoms with Crippen molar-refractivity contribution in [3.8, 4) is 0 Å². The SMILES string of the molecule is COC(=O)C[C@@H](N)c1cc(Br)ccc1F.Cl. The van der Waals surface area contributed by atoms with Gasteiger partial charge in [0.25, 0.3) is 0 Å². The molecule has 0 saturated carbocycles. The fourth-order valence-corrected chi connectivity index (χ4v) is 1.55. The monoisotopic (exact) mass is 311 g/mol. The number of hydrogen-bond donors (Lipinski definition) is 1. The molecular formula is C10H12BrClFNO2. The minimum Gasteiger partial charge on any atom is -0.469 e. The predicted molar refractivity (Wildman–Crippen MR) is 64.9 cm³/mol. The Morgan fingerprint density at radius 3 is 2.81 bits per heavy atom. The fourth-order valence-electron chi connectivity index (χ4n) is 1.17. The summed E-state index contributed by atoms with van der Waals surface area (Å²) in [6.45, 7) is 0. The van der Waals surface area contributed by atoms with Crippen molar-refractivity contribution >= 4 is 34.3 Å². The van der Waals surface area contributed by atoms with Crippen LogP contribution >= 0.6 is 28.3 Å². The van der Waals surface area contributed by atoms with E-state index in [0.717, 1.165) is 4.47 Å². The van der Waals surface area contributed by atoms with E-state index < -0.39 is 17.8 Å². The zero-order valence-electron chi connectivity index (χ0n) is 8.57. The number of rotatable bonds is 3. The van der Waals surface area contributed by atoms with Gasteiger partial charge in [-0.3, -0.25) is 4.79 Å². The Bertz CT molecular complexity index is 376. The summed E-state index contributed by atoms with van der Waals surface area (Å²) in [6, 6.07) is 3.75. The van der Waals surface area contributed by atoms with Gasteiger partial charge in [-0.1, -0.05) is 15.9 Å². The maximum atomic E-state index is 13.3. The first-order valence-electron chi connectivity index (χ1n) is 4.32. The van der Waals surface area contributed by atoms with Crippen LogP contribution in [0.15, 0.2) is 22.7 Å². The van der Waals surface area contributed by atoms with Gasteiger partial charge in [-0.2, -0.15) is 0 Å². The molecule has 0 bridgehead atoms. The summed E-state index contributed by atoms with van der Waals surface area (Å²) in [7, 11) is 1.27. The van der Waals surface area contributed by atoms with E-state index in [9.17, 15) is 9.18 Å². The van der Waals surface area contributed by atoms with Crippen LogP contribution in [-0.2, 0) is 9.53 Å². The molecule has 0 aliphatic heterocycles. The van der Waals surface area contributed by atoms with Crippen LogP contribution in [0.4, 0.5) is 4.39 Å². The van der Waals surface area contributed by atoms with Crippen molar-refractivity contribution in [3.05, 3.63) is 34.1 Å². The molecule has 2 N–H and O–H groups in total. The number of halogens is 3. The molecule has 0 aromatic heterocycles.